The molecule has 1 aromatic heterocycles. The molecule has 0 amide bonds. The van der Waals surface area contributed by atoms with Gasteiger partial charge < -0.3 is 15.6 Å². The van der Waals surface area contributed by atoms with Crippen molar-refractivity contribution in [1.29, 1.82) is 0 Å². The maximum atomic E-state index is 8.44. The lowest BCUT2D eigenvalue weighted by molar-refractivity contribution is 0.191. The minimum Gasteiger partial charge on any atom is -0.461 e. The van der Waals surface area contributed by atoms with Crippen molar-refractivity contribution in [1.82, 2.24) is 15.0 Å². The summed E-state index contributed by atoms with van der Waals surface area (Å²) in [7, 11) is 0. The molecule has 12 heavy (non-hydrogen) atoms. The third kappa shape index (κ3) is 2.31. The third-order valence-corrected chi connectivity index (χ3v) is 1.07. The fourth-order valence-corrected chi connectivity index (χ4v) is 0.679. The number of anilines is 1. The quantitative estimate of drug-likeness (QED) is 0.612. The maximum Gasteiger partial charge on any atom is 0.321 e. The second kappa shape index (κ2) is 3.82. The number of ether oxygens (including phenoxy) is 1. The second-order valence-corrected chi connectivity index (χ2v) is 2.10. The van der Waals surface area contributed by atoms with Crippen molar-refractivity contribution in [2.45, 2.75) is 6.92 Å². The Bertz CT molecular complexity index is 245. The fraction of sp³-hybridized carbons (Fsp3) is 0.500. The molecule has 0 aliphatic carbocycles. The summed E-state index contributed by atoms with van der Waals surface area (Å²) in [6, 6.07) is 0.147. The van der Waals surface area contributed by atoms with E-state index in [0.29, 0.717) is 5.82 Å². The first-order valence-electron chi connectivity index (χ1n) is 3.44. The van der Waals surface area contributed by atoms with Gasteiger partial charge in [0, 0.05) is 0 Å². The van der Waals surface area contributed by atoms with Gasteiger partial charge in [-0.3, -0.25) is 0 Å². The molecule has 3 N–H and O–H groups in total. The van der Waals surface area contributed by atoms with Crippen molar-refractivity contribution in [2.75, 3.05) is 18.9 Å². The highest BCUT2D eigenvalue weighted by Crippen LogP contribution is 2.03. The summed E-state index contributed by atoms with van der Waals surface area (Å²) in [5.74, 6) is 0.617. The lowest BCUT2D eigenvalue weighted by Gasteiger charge is -2.02. The molecule has 0 bridgehead atoms. The average Bonchev–Trinajstić information content (AvgIpc) is 1.99. The van der Waals surface area contributed by atoms with E-state index < -0.39 is 0 Å². The van der Waals surface area contributed by atoms with Crippen LogP contribution in [0, 0.1) is 6.92 Å². The van der Waals surface area contributed by atoms with Crippen molar-refractivity contribution in [2.24, 2.45) is 0 Å². The van der Waals surface area contributed by atoms with E-state index in [1.807, 2.05) is 0 Å². The van der Waals surface area contributed by atoms with Gasteiger partial charge in [-0.2, -0.15) is 15.0 Å². The number of aromatic nitrogens is 3. The van der Waals surface area contributed by atoms with Crippen molar-refractivity contribution < 1.29 is 9.84 Å². The van der Waals surface area contributed by atoms with Crippen molar-refractivity contribution in [3.05, 3.63) is 5.82 Å². The molecule has 0 aliphatic heterocycles. The molecule has 0 saturated heterocycles. The fourth-order valence-electron chi connectivity index (χ4n) is 0.679. The molecule has 1 heterocycles. The molecule has 0 unspecified atom stereocenters. The van der Waals surface area contributed by atoms with E-state index in [9.17, 15) is 0 Å². The van der Waals surface area contributed by atoms with Crippen LogP contribution in [0.25, 0.3) is 0 Å². The molecule has 66 valence electrons. The topological polar surface area (TPSA) is 94.2 Å². The van der Waals surface area contributed by atoms with Crippen molar-refractivity contribution >= 4 is 5.95 Å². The second-order valence-electron chi connectivity index (χ2n) is 2.10. The number of rotatable bonds is 3. The minimum atomic E-state index is -0.0787. The SMILES string of the molecule is Cc1nc(N)nc(OCCO)n1. The monoisotopic (exact) mass is 170 g/mol. The van der Waals surface area contributed by atoms with Gasteiger partial charge in [0.25, 0.3) is 0 Å². The highest BCUT2D eigenvalue weighted by molar-refractivity contribution is 5.17. The van der Waals surface area contributed by atoms with Crippen molar-refractivity contribution in [3.8, 4) is 6.01 Å². The van der Waals surface area contributed by atoms with E-state index >= 15 is 0 Å². The summed E-state index contributed by atoms with van der Waals surface area (Å²) in [5, 5.41) is 8.44. The lowest BCUT2D eigenvalue weighted by Crippen LogP contribution is -2.08. The van der Waals surface area contributed by atoms with E-state index in [4.69, 9.17) is 15.6 Å². The summed E-state index contributed by atoms with van der Waals surface area (Å²) in [6.07, 6.45) is 0. The summed E-state index contributed by atoms with van der Waals surface area (Å²) in [4.78, 5) is 11.3. The van der Waals surface area contributed by atoms with Gasteiger partial charge in [-0.15, -0.1) is 0 Å². The van der Waals surface area contributed by atoms with E-state index in [1.165, 1.54) is 0 Å². The van der Waals surface area contributed by atoms with Crippen LogP contribution in [0.3, 0.4) is 0 Å². The Morgan fingerprint density at radius 3 is 2.75 bits per heavy atom. The van der Waals surface area contributed by atoms with E-state index in [2.05, 4.69) is 15.0 Å². The summed E-state index contributed by atoms with van der Waals surface area (Å²) in [5.41, 5.74) is 5.33. The Hall–Kier alpha value is -1.43. The molecular formula is C6H10N4O2. The highest BCUT2D eigenvalue weighted by atomic mass is 16.5. The largest absolute Gasteiger partial charge is 0.461 e. The summed E-state index contributed by atoms with van der Waals surface area (Å²) < 4.78 is 4.92. The number of nitrogens with two attached hydrogens (primary N) is 1. The van der Waals surface area contributed by atoms with Crippen LogP contribution >= 0.6 is 0 Å². The van der Waals surface area contributed by atoms with Crippen LogP contribution in [-0.2, 0) is 0 Å². The Kier molecular flexibility index (Phi) is 2.76. The molecule has 1 rings (SSSR count). The van der Waals surface area contributed by atoms with Crippen LogP contribution in [0.5, 0.6) is 6.01 Å². The third-order valence-electron chi connectivity index (χ3n) is 1.07. The number of aliphatic hydroxyl groups excluding tert-OH is 1. The van der Waals surface area contributed by atoms with Gasteiger partial charge in [0.2, 0.25) is 5.95 Å². The standard InChI is InChI=1S/C6H10N4O2/c1-4-8-5(7)10-6(9-4)12-3-2-11/h11H,2-3H2,1H3,(H2,7,8,9,10). The van der Waals surface area contributed by atoms with E-state index in [-0.39, 0.29) is 25.2 Å². The summed E-state index contributed by atoms with van der Waals surface area (Å²) in [6.45, 7) is 1.76. The van der Waals surface area contributed by atoms with Gasteiger partial charge in [0.15, 0.2) is 0 Å². The Labute approximate surface area is 69.4 Å². The maximum absolute atomic E-state index is 8.44. The Morgan fingerprint density at radius 2 is 2.17 bits per heavy atom. The molecule has 0 spiro atoms. The van der Waals surface area contributed by atoms with Crippen LogP contribution in [-0.4, -0.2) is 33.3 Å². The highest BCUT2D eigenvalue weighted by Gasteiger charge is 2.00. The normalized spacial score (nSPS) is 9.83. The van der Waals surface area contributed by atoms with Gasteiger partial charge in [-0.05, 0) is 6.92 Å². The molecule has 0 fully saturated rings. The molecule has 0 aromatic carbocycles. The molecule has 0 aliphatic rings. The average molecular weight is 170 g/mol. The van der Waals surface area contributed by atoms with E-state index in [0.717, 1.165) is 0 Å². The van der Waals surface area contributed by atoms with Gasteiger partial charge in [0.1, 0.15) is 12.4 Å². The number of hydrogen-bond donors (Lipinski definition) is 2. The first-order chi connectivity index (χ1) is 5.72. The zero-order chi connectivity index (χ0) is 8.97. The predicted octanol–water partition coefficient (Wildman–Crippen LogP) is -0.867. The van der Waals surface area contributed by atoms with Crippen LogP contribution in [0.2, 0.25) is 0 Å². The smallest absolute Gasteiger partial charge is 0.321 e. The molecule has 6 nitrogen and oxygen atoms in total. The number of nitrogens with zero attached hydrogens (tertiary/aromatic N) is 3. The first kappa shape index (κ1) is 8.66. The molecule has 6 heteroatoms. The Balaban J connectivity index is 2.72. The molecule has 0 atom stereocenters. The zero-order valence-corrected chi connectivity index (χ0v) is 6.69. The molecule has 1 aromatic rings. The molecule has 0 saturated carbocycles. The van der Waals surface area contributed by atoms with Gasteiger partial charge in [0.05, 0.1) is 6.61 Å². The van der Waals surface area contributed by atoms with Crippen LogP contribution in [0.15, 0.2) is 0 Å². The number of aryl methyl sites for hydroxylation is 1. The van der Waals surface area contributed by atoms with Crippen LogP contribution in [0.1, 0.15) is 5.82 Å². The van der Waals surface area contributed by atoms with E-state index in [1.54, 1.807) is 6.92 Å². The predicted molar refractivity (Wildman–Crippen MR) is 41.6 cm³/mol. The number of aliphatic hydroxyl groups is 1. The van der Waals surface area contributed by atoms with Gasteiger partial charge in [-0.1, -0.05) is 0 Å². The minimum absolute atomic E-state index is 0.0787. The van der Waals surface area contributed by atoms with Gasteiger partial charge >= 0.3 is 6.01 Å². The summed E-state index contributed by atoms with van der Waals surface area (Å²) >= 11 is 0. The zero-order valence-electron chi connectivity index (χ0n) is 6.69. The Morgan fingerprint density at radius 1 is 1.42 bits per heavy atom. The number of hydrogen-bond acceptors (Lipinski definition) is 6. The van der Waals surface area contributed by atoms with Crippen LogP contribution < -0.4 is 10.5 Å². The lowest BCUT2D eigenvalue weighted by atomic mass is 10.7. The first-order valence-corrected chi connectivity index (χ1v) is 3.44. The molecular weight excluding hydrogens is 160 g/mol. The van der Waals surface area contributed by atoms with Gasteiger partial charge in [-0.25, -0.2) is 0 Å². The van der Waals surface area contributed by atoms with Crippen LogP contribution in [0.4, 0.5) is 5.95 Å². The molecule has 0 radical (unpaired) electrons. The van der Waals surface area contributed by atoms with Crippen molar-refractivity contribution in [3.63, 3.8) is 0 Å². The number of nitrogen functional groups attached to an aromatic ring is 1.